The molecule has 0 aliphatic heterocycles. The molecule has 5 heteroatoms. The van der Waals surface area contributed by atoms with Crippen LogP contribution >= 0.6 is 0 Å². The predicted octanol–water partition coefficient (Wildman–Crippen LogP) is 3.47. The summed E-state index contributed by atoms with van der Waals surface area (Å²) in [6.45, 7) is 3.40. The topological polar surface area (TPSA) is 58.6 Å². The third-order valence-electron chi connectivity index (χ3n) is 3.68. The molecule has 2 rings (SSSR count). The van der Waals surface area contributed by atoms with Crippen LogP contribution in [-0.2, 0) is 9.59 Å². The van der Waals surface area contributed by atoms with Gasteiger partial charge in [0.2, 0.25) is 5.91 Å². The Bertz CT molecular complexity index is 684. The van der Waals surface area contributed by atoms with Crippen molar-refractivity contribution in [2.24, 2.45) is 0 Å². The molecule has 0 saturated carbocycles. The van der Waals surface area contributed by atoms with Gasteiger partial charge in [-0.15, -0.1) is 0 Å². The Hall–Kier alpha value is -2.82. The van der Waals surface area contributed by atoms with Crippen molar-refractivity contribution in [1.29, 1.82) is 0 Å². The lowest BCUT2D eigenvalue weighted by molar-refractivity contribution is -0.122. The summed E-state index contributed by atoms with van der Waals surface area (Å²) in [5.41, 5.74) is 1.43. The average molecular weight is 326 g/mol. The number of carbonyl (C=O) groups is 2. The Morgan fingerprint density at radius 1 is 1.08 bits per heavy atom. The van der Waals surface area contributed by atoms with E-state index in [2.05, 4.69) is 5.32 Å². The van der Waals surface area contributed by atoms with E-state index in [0.717, 1.165) is 5.69 Å². The molecular formula is C19H22N2O3. The monoisotopic (exact) mass is 326 g/mol. The van der Waals surface area contributed by atoms with E-state index >= 15 is 0 Å². The molecule has 0 aliphatic rings. The van der Waals surface area contributed by atoms with Crippen molar-refractivity contribution in [3.63, 3.8) is 0 Å². The second-order valence-corrected chi connectivity index (χ2v) is 5.44. The summed E-state index contributed by atoms with van der Waals surface area (Å²) in [4.78, 5) is 25.3. The fraction of sp³-hybridized carbons (Fsp3) is 0.263. The van der Waals surface area contributed by atoms with Gasteiger partial charge >= 0.3 is 0 Å². The van der Waals surface area contributed by atoms with E-state index in [1.54, 1.807) is 36.2 Å². The number of benzene rings is 2. The van der Waals surface area contributed by atoms with Crippen LogP contribution in [0.1, 0.15) is 20.3 Å². The molecule has 0 radical (unpaired) electrons. The van der Waals surface area contributed by atoms with Crippen LogP contribution in [0.25, 0.3) is 0 Å². The average Bonchev–Trinajstić information content (AvgIpc) is 2.60. The Labute approximate surface area is 142 Å². The number of para-hydroxylation sites is 1. The van der Waals surface area contributed by atoms with Gasteiger partial charge in [0.25, 0.3) is 5.91 Å². The second-order valence-electron chi connectivity index (χ2n) is 5.44. The number of carbonyl (C=O) groups excluding carboxylic acids is 2. The molecule has 1 N–H and O–H groups in total. The van der Waals surface area contributed by atoms with Gasteiger partial charge in [-0.1, -0.05) is 25.1 Å². The van der Waals surface area contributed by atoms with Crippen molar-refractivity contribution in [3.8, 4) is 5.75 Å². The maximum Gasteiger partial charge on any atom is 0.265 e. The van der Waals surface area contributed by atoms with Crippen LogP contribution in [0.2, 0.25) is 0 Å². The first-order valence-corrected chi connectivity index (χ1v) is 7.88. The van der Waals surface area contributed by atoms with Crippen molar-refractivity contribution in [1.82, 2.24) is 0 Å². The van der Waals surface area contributed by atoms with Gasteiger partial charge in [-0.2, -0.15) is 0 Å². The van der Waals surface area contributed by atoms with Gasteiger partial charge in [-0.25, -0.2) is 0 Å². The second kappa shape index (κ2) is 8.15. The van der Waals surface area contributed by atoms with Crippen LogP contribution in [0.15, 0.2) is 54.6 Å². The van der Waals surface area contributed by atoms with E-state index in [1.165, 1.54) is 6.92 Å². The number of nitrogens with one attached hydrogen (secondary N) is 1. The van der Waals surface area contributed by atoms with Crippen molar-refractivity contribution >= 4 is 23.2 Å². The van der Waals surface area contributed by atoms with Gasteiger partial charge < -0.3 is 15.0 Å². The number of ether oxygens (including phenoxy) is 1. The molecule has 0 fully saturated rings. The highest BCUT2D eigenvalue weighted by Crippen LogP contribution is 2.18. The zero-order valence-corrected chi connectivity index (χ0v) is 14.2. The summed E-state index contributed by atoms with van der Waals surface area (Å²) in [7, 11) is 1.71. The van der Waals surface area contributed by atoms with Crippen molar-refractivity contribution < 1.29 is 14.3 Å². The number of hydrogen-bond donors (Lipinski definition) is 1. The first kappa shape index (κ1) is 17.5. The highest BCUT2D eigenvalue weighted by atomic mass is 16.5. The molecule has 2 amide bonds. The van der Waals surface area contributed by atoms with Crippen molar-refractivity contribution in [2.45, 2.75) is 26.4 Å². The van der Waals surface area contributed by atoms with E-state index in [-0.39, 0.29) is 11.8 Å². The van der Waals surface area contributed by atoms with Crippen LogP contribution in [0.5, 0.6) is 5.75 Å². The van der Waals surface area contributed by atoms with Crippen LogP contribution in [0.4, 0.5) is 11.4 Å². The van der Waals surface area contributed by atoms with Gasteiger partial charge in [0.05, 0.1) is 0 Å². The van der Waals surface area contributed by atoms with Gasteiger partial charge in [0.1, 0.15) is 5.75 Å². The highest BCUT2D eigenvalue weighted by molar-refractivity contribution is 5.95. The Morgan fingerprint density at radius 2 is 1.71 bits per heavy atom. The molecule has 0 unspecified atom stereocenters. The standard InChI is InChI=1S/C19H22N2O3/c1-4-18(24-17-8-6-5-7-9-17)19(23)20-15-10-12-16(13-11-15)21(3)14(2)22/h5-13,18H,4H2,1-3H3,(H,20,23)/t18-/m0/s1. The Morgan fingerprint density at radius 3 is 2.25 bits per heavy atom. The summed E-state index contributed by atoms with van der Waals surface area (Å²) < 4.78 is 5.73. The summed E-state index contributed by atoms with van der Waals surface area (Å²) in [5, 5.41) is 2.84. The van der Waals surface area contributed by atoms with E-state index in [1.807, 2.05) is 37.3 Å². The lowest BCUT2D eigenvalue weighted by atomic mass is 10.2. The van der Waals surface area contributed by atoms with Gasteiger partial charge in [-0.05, 0) is 42.8 Å². The molecule has 2 aromatic rings. The van der Waals surface area contributed by atoms with Gasteiger partial charge in [0.15, 0.2) is 6.10 Å². The molecule has 2 aromatic carbocycles. The first-order chi connectivity index (χ1) is 11.5. The minimum atomic E-state index is -0.563. The zero-order valence-electron chi connectivity index (χ0n) is 14.2. The molecule has 0 aromatic heterocycles. The smallest absolute Gasteiger partial charge is 0.265 e. The molecule has 5 nitrogen and oxygen atoms in total. The zero-order chi connectivity index (χ0) is 17.5. The van der Waals surface area contributed by atoms with Crippen molar-refractivity contribution in [3.05, 3.63) is 54.6 Å². The van der Waals surface area contributed by atoms with Crippen LogP contribution in [0, 0.1) is 0 Å². The highest BCUT2D eigenvalue weighted by Gasteiger charge is 2.18. The lowest BCUT2D eigenvalue weighted by Gasteiger charge is -2.18. The Balaban J connectivity index is 2.01. The molecule has 0 saturated heterocycles. The minimum Gasteiger partial charge on any atom is -0.481 e. The minimum absolute atomic E-state index is 0.0471. The number of hydrogen-bond acceptors (Lipinski definition) is 3. The molecule has 0 heterocycles. The van der Waals surface area contributed by atoms with Crippen LogP contribution in [0.3, 0.4) is 0 Å². The van der Waals surface area contributed by atoms with E-state index < -0.39 is 6.10 Å². The number of nitrogens with zero attached hydrogens (tertiary/aromatic N) is 1. The largest absolute Gasteiger partial charge is 0.481 e. The maximum absolute atomic E-state index is 12.4. The normalized spacial score (nSPS) is 11.5. The lowest BCUT2D eigenvalue weighted by Crippen LogP contribution is -2.32. The number of rotatable bonds is 6. The third-order valence-corrected chi connectivity index (χ3v) is 3.68. The molecule has 0 spiro atoms. The number of amides is 2. The number of anilines is 2. The SMILES string of the molecule is CC[C@H](Oc1ccccc1)C(=O)Nc1ccc(N(C)C(C)=O)cc1. The van der Waals surface area contributed by atoms with Gasteiger partial charge in [-0.3, -0.25) is 9.59 Å². The van der Waals surface area contributed by atoms with E-state index in [9.17, 15) is 9.59 Å². The fourth-order valence-corrected chi connectivity index (χ4v) is 2.16. The third kappa shape index (κ3) is 4.59. The van der Waals surface area contributed by atoms with E-state index in [0.29, 0.717) is 17.9 Å². The molecule has 0 aliphatic carbocycles. The van der Waals surface area contributed by atoms with Gasteiger partial charge in [0, 0.05) is 25.3 Å². The predicted molar refractivity (Wildman–Crippen MR) is 95.3 cm³/mol. The molecule has 24 heavy (non-hydrogen) atoms. The summed E-state index contributed by atoms with van der Waals surface area (Å²) >= 11 is 0. The van der Waals surface area contributed by atoms with Crippen LogP contribution < -0.4 is 15.0 Å². The fourth-order valence-electron chi connectivity index (χ4n) is 2.16. The summed E-state index contributed by atoms with van der Waals surface area (Å²) in [5.74, 6) is 0.418. The quantitative estimate of drug-likeness (QED) is 0.884. The van der Waals surface area contributed by atoms with E-state index in [4.69, 9.17) is 4.74 Å². The molecule has 0 bridgehead atoms. The maximum atomic E-state index is 12.4. The van der Waals surface area contributed by atoms with Crippen LogP contribution in [-0.4, -0.2) is 25.0 Å². The Kier molecular flexibility index (Phi) is 5.95. The molecule has 126 valence electrons. The summed E-state index contributed by atoms with van der Waals surface area (Å²) in [6.07, 6.45) is -0.00160. The van der Waals surface area contributed by atoms with Crippen molar-refractivity contribution in [2.75, 3.05) is 17.3 Å². The first-order valence-electron chi connectivity index (χ1n) is 7.88. The molecular weight excluding hydrogens is 304 g/mol. The summed E-state index contributed by atoms with van der Waals surface area (Å²) in [6, 6.07) is 16.4. The molecule has 1 atom stereocenters.